The van der Waals surface area contributed by atoms with Crippen LogP contribution in [0.15, 0.2) is 55.4 Å². The van der Waals surface area contributed by atoms with Crippen molar-refractivity contribution in [1.82, 2.24) is 10.3 Å². The van der Waals surface area contributed by atoms with Crippen molar-refractivity contribution >= 4 is 17.3 Å². The van der Waals surface area contributed by atoms with Crippen LogP contribution in [-0.4, -0.2) is 10.9 Å². The molecule has 1 aromatic carbocycles. The number of hydrogen-bond donors (Lipinski definition) is 3. The number of aromatic nitrogens is 1. The maximum atomic E-state index is 11.9. The minimum absolute atomic E-state index is 0.210. The SMILES string of the molecule is C=CC.Nc1cc(N)cc(C(=O)NCc2cccnc2)c1. The van der Waals surface area contributed by atoms with Gasteiger partial charge in [0.25, 0.3) is 5.91 Å². The number of rotatable bonds is 3. The largest absolute Gasteiger partial charge is 0.399 e. The highest BCUT2D eigenvalue weighted by Gasteiger charge is 2.06. The van der Waals surface area contributed by atoms with E-state index >= 15 is 0 Å². The van der Waals surface area contributed by atoms with Gasteiger partial charge in [0.05, 0.1) is 0 Å². The van der Waals surface area contributed by atoms with E-state index in [2.05, 4.69) is 16.9 Å². The van der Waals surface area contributed by atoms with Crippen LogP contribution in [0.1, 0.15) is 22.8 Å². The molecule has 110 valence electrons. The Morgan fingerprint density at radius 1 is 1.33 bits per heavy atom. The Labute approximate surface area is 124 Å². The van der Waals surface area contributed by atoms with Gasteiger partial charge in [0.1, 0.15) is 0 Å². The van der Waals surface area contributed by atoms with Gasteiger partial charge in [-0.2, -0.15) is 0 Å². The summed E-state index contributed by atoms with van der Waals surface area (Å²) in [6.07, 6.45) is 5.14. The minimum atomic E-state index is -0.210. The van der Waals surface area contributed by atoms with Crippen LogP contribution in [0.2, 0.25) is 0 Å². The summed E-state index contributed by atoms with van der Waals surface area (Å²) < 4.78 is 0. The van der Waals surface area contributed by atoms with Gasteiger partial charge in [0, 0.05) is 35.9 Å². The molecule has 1 amide bonds. The number of nitrogen functional groups attached to an aromatic ring is 2. The molecule has 0 atom stereocenters. The average molecular weight is 284 g/mol. The van der Waals surface area contributed by atoms with Gasteiger partial charge >= 0.3 is 0 Å². The quantitative estimate of drug-likeness (QED) is 0.595. The van der Waals surface area contributed by atoms with E-state index in [4.69, 9.17) is 11.5 Å². The standard InChI is InChI=1S/C13H14N4O.C3H6/c14-11-4-10(5-12(15)6-11)13(18)17-8-9-2-1-3-16-7-9;1-3-2/h1-7H,8,14-15H2,(H,17,18);3H,1H2,2H3. The molecule has 0 saturated carbocycles. The zero-order chi connectivity index (χ0) is 15.7. The molecule has 0 fully saturated rings. The van der Waals surface area contributed by atoms with Crippen molar-refractivity contribution in [2.24, 2.45) is 0 Å². The van der Waals surface area contributed by atoms with Crippen LogP contribution >= 0.6 is 0 Å². The van der Waals surface area contributed by atoms with Crippen molar-refractivity contribution in [3.8, 4) is 0 Å². The zero-order valence-corrected chi connectivity index (χ0v) is 12.0. The lowest BCUT2D eigenvalue weighted by Crippen LogP contribution is -2.23. The van der Waals surface area contributed by atoms with Crippen molar-refractivity contribution in [1.29, 1.82) is 0 Å². The summed E-state index contributed by atoms with van der Waals surface area (Å²) >= 11 is 0. The first kappa shape index (κ1) is 16.2. The molecular formula is C16H20N4O. The van der Waals surface area contributed by atoms with Gasteiger partial charge in [-0.25, -0.2) is 0 Å². The van der Waals surface area contributed by atoms with E-state index in [1.165, 1.54) is 0 Å². The molecule has 5 nitrogen and oxygen atoms in total. The second-order valence-corrected chi connectivity index (χ2v) is 4.34. The molecule has 1 heterocycles. The van der Waals surface area contributed by atoms with E-state index in [-0.39, 0.29) is 5.91 Å². The first-order valence-electron chi connectivity index (χ1n) is 6.47. The van der Waals surface area contributed by atoms with Gasteiger partial charge < -0.3 is 16.8 Å². The van der Waals surface area contributed by atoms with Gasteiger partial charge in [-0.1, -0.05) is 12.1 Å². The number of nitrogens with one attached hydrogen (secondary N) is 1. The van der Waals surface area contributed by atoms with Crippen LogP contribution < -0.4 is 16.8 Å². The van der Waals surface area contributed by atoms with Crippen LogP contribution in [0, 0.1) is 0 Å². The lowest BCUT2D eigenvalue weighted by Gasteiger charge is -2.06. The Balaban J connectivity index is 0.000000677. The van der Waals surface area contributed by atoms with Crippen molar-refractivity contribution in [3.63, 3.8) is 0 Å². The fourth-order valence-corrected chi connectivity index (χ4v) is 1.59. The molecule has 5 heteroatoms. The third-order valence-corrected chi connectivity index (χ3v) is 2.42. The minimum Gasteiger partial charge on any atom is -0.399 e. The Bertz CT molecular complexity index is 576. The van der Waals surface area contributed by atoms with Crippen molar-refractivity contribution in [2.75, 3.05) is 11.5 Å². The van der Waals surface area contributed by atoms with E-state index in [9.17, 15) is 4.79 Å². The number of carbonyl (C=O) groups excluding carboxylic acids is 1. The van der Waals surface area contributed by atoms with E-state index in [1.54, 1.807) is 36.7 Å². The number of nitrogens with zero attached hydrogens (tertiary/aromatic N) is 1. The summed E-state index contributed by atoms with van der Waals surface area (Å²) in [5.41, 5.74) is 13.6. The molecular weight excluding hydrogens is 264 g/mol. The summed E-state index contributed by atoms with van der Waals surface area (Å²) in [6, 6.07) is 8.50. The smallest absolute Gasteiger partial charge is 0.251 e. The molecule has 0 aliphatic rings. The van der Waals surface area contributed by atoms with Crippen molar-refractivity contribution in [2.45, 2.75) is 13.5 Å². The first-order chi connectivity index (χ1) is 10.1. The van der Waals surface area contributed by atoms with Gasteiger partial charge in [-0.05, 0) is 36.8 Å². The number of pyridine rings is 1. The van der Waals surface area contributed by atoms with Crippen LogP contribution in [0.5, 0.6) is 0 Å². The second kappa shape index (κ2) is 8.37. The Kier molecular flexibility index (Phi) is 6.47. The molecule has 0 aliphatic carbocycles. The van der Waals surface area contributed by atoms with Crippen LogP contribution in [0.3, 0.4) is 0 Å². The third kappa shape index (κ3) is 5.78. The van der Waals surface area contributed by atoms with E-state index in [1.807, 2.05) is 19.1 Å². The highest BCUT2D eigenvalue weighted by Crippen LogP contribution is 2.13. The van der Waals surface area contributed by atoms with E-state index in [0.717, 1.165) is 5.56 Å². The predicted molar refractivity (Wildman–Crippen MR) is 86.5 cm³/mol. The van der Waals surface area contributed by atoms with Crippen LogP contribution in [0.25, 0.3) is 0 Å². The van der Waals surface area contributed by atoms with Crippen LogP contribution in [0.4, 0.5) is 11.4 Å². The predicted octanol–water partition coefficient (Wildman–Crippen LogP) is 2.37. The number of hydrogen-bond acceptors (Lipinski definition) is 4. The van der Waals surface area contributed by atoms with Gasteiger partial charge in [-0.15, -0.1) is 6.58 Å². The number of benzene rings is 1. The van der Waals surface area contributed by atoms with Gasteiger partial charge in [0.15, 0.2) is 0 Å². The molecule has 2 aromatic rings. The number of anilines is 2. The van der Waals surface area contributed by atoms with Gasteiger partial charge in [-0.3, -0.25) is 9.78 Å². The highest BCUT2D eigenvalue weighted by molar-refractivity contribution is 5.96. The fraction of sp³-hybridized carbons (Fsp3) is 0.125. The summed E-state index contributed by atoms with van der Waals surface area (Å²) in [5, 5.41) is 2.78. The summed E-state index contributed by atoms with van der Waals surface area (Å²) in [7, 11) is 0. The van der Waals surface area contributed by atoms with Crippen molar-refractivity contribution in [3.05, 3.63) is 66.5 Å². The van der Waals surface area contributed by atoms with Crippen molar-refractivity contribution < 1.29 is 4.79 Å². The molecule has 1 aromatic heterocycles. The molecule has 0 radical (unpaired) electrons. The number of amides is 1. The maximum absolute atomic E-state index is 11.9. The lowest BCUT2D eigenvalue weighted by atomic mass is 10.1. The molecule has 0 spiro atoms. The molecule has 0 unspecified atom stereocenters. The van der Waals surface area contributed by atoms with E-state index in [0.29, 0.717) is 23.5 Å². The lowest BCUT2D eigenvalue weighted by molar-refractivity contribution is 0.0951. The molecule has 0 aliphatic heterocycles. The Morgan fingerprint density at radius 3 is 2.48 bits per heavy atom. The van der Waals surface area contributed by atoms with Crippen LogP contribution in [-0.2, 0) is 6.54 Å². The number of allylic oxidation sites excluding steroid dienone is 1. The number of carbonyl (C=O) groups is 1. The summed E-state index contributed by atoms with van der Waals surface area (Å²) in [6.45, 7) is 5.67. The summed E-state index contributed by atoms with van der Waals surface area (Å²) in [5.74, 6) is -0.210. The van der Waals surface area contributed by atoms with E-state index < -0.39 is 0 Å². The monoisotopic (exact) mass is 284 g/mol. The molecule has 5 N–H and O–H groups in total. The zero-order valence-electron chi connectivity index (χ0n) is 12.0. The number of nitrogens with two attached hydrogens (primary N) is 2. The Morgan fingerprint density at radius 2 is 1.95 bits per heavy atom. The third-order valence-electron chi connectivity index (χ3n) is 2.42. The molecule has 0 saturated heterocycles. The normalized spacial score (nSPS) is 9.19. The molecule has 21 heavy (non-hydrogen) atoms. The average Bonchev–Trinajstić information content (AvgIpc) is 2.45. The first-order valence-corrected chi connectivity index (χ1v) is 6.47. The summed E-state index contributed by atoms with van der Waals surface area (Å²) in [4.78, 5) is 15.9. The highest BCUT2D eigenvalue weighted by atomic mass is 16.1. The fourth-order valence-electron chi connectivity index (χ4n) is 1.59. The van der Waals surface area contributed by atoms with Gasteiger partial charge in [0.2, 0.25) is 0 Å². The molecule has 0 bridgehead atoms. The second-order valence-electron chi connectivity index (χ2n) is 4.34. The maximum Gasteiger partial charge on any atom is 0.251 e. The topological polar surface area (TPSA) is 94.0 Å². The Hall–Kier alpha value is -2.82. The molecule has 2 rings (SSSR count).